The van der Waals surface area contributed by atoms with Crippen molar-refractivity contribution < 1.29 is 14.7 Å². The highest BCUT2D eigenvalue weighted by Crippen LogP contribution is 2.43. The number of rotatable bonds is 3. The number of carbonyl (C=O) groups is 2. The molecular weight excluding hydrogens is 264 g/mol. The first-order valence-electron chi connectivity index (χ1n) is 6.72. The maximum Gasteiger partial charge on any atom is 0.352 e. The third-order valence-corrected chi connectivity index (χ3v) is 5.60. The van der Waals surface area contributed by atoms with Gasteiger partial charge in [-0.3, -0.25) is 14.6 Å². The molecular formula is C13H18N2O3S. The summed E-state index contributed by atoms with van der Waals surface area (Å²) in [5.41, 5.74) is 1.15. The molecule has 3 heterocycles. The van der Waals surface area contributed by atoms with Gasteiger partial charge < -0.3 is 5.11 Å². The molecule has 0 bridgehead atoms. The quantitative estimate of drug-likeness (QED) is 0.782. The highest BCUT2D eigenvalue weighted by Gasteiger charge is 2.51. The van der Waals surface area contributed by atoms with Crippen LogP contribution in [-0.4, -0.2) is 57.5 Å². The summed E-state index contributed by atoms with van der Waals surface area (Å²) in [6.45, 7) is 4.64. The molecule has 0 radical (unpaired) electrons. The van der Waals surface area contributed by atoms with E-state index in [9.17, 15) is 14.7 Å². The van der Waals surface area contributed by atoms with Crippen LogP contribution < -0.4 is 0 Å². The molecule has 2 fully saturated rings. The van der Waals surface area contributed by atoms with E-state index in [-0.39, 0.29) is 22.9 Å². The Morgan fingerprint density at radius 1 is 1.42 bits per heavy atom. The van der Waals surface area contributed by atoms with E-state index in [0.29, 0.717) is 6.54 Å². The Bertz CT molecular complexity index is 457. The first kappa shape index (κ1) is 13.0. The van der Waals surface area contributed by atoms with Gasteiger partial charge in [0.25, 0.3) is 0 Å². The smallest absolute Gasteiger partial charge is 0.352 e. The normalized spacial score (nSPS) is 31.4. The molecule has 0 aromatic rings. The van der Waals surface area contributed by atoms with Gasteiger partial charge in [-0.1, -0.05) is 6.92 Å². The summed E-state index contributed by atoms with van der Waals surface area (Å²) in [6, 6.07) is 0. The molecule has 2 saturated heterocycles. The van der Waals surface area contributed by atoms with E-state index < -0.39 is 5.97 Å². The molecule has 3 aliphatic heterocycles. The van der Waals surface area contributed by atoms with Crippen molar-refractivity contribution in [1.82, 2.24) is 9.80 Å². The largest absolute Gasteiger partial charge is 0.477 e. The molecule has 1 amide bonds. The highest BCUT2D eigenvalue weighted by atomic mass is 32.2. The van der Waals surface area contributed by atoms with Crippen LogP contribution in [0.1, 0.15) is 19.8 Å². The zero-order valence-corrected chi connectivity index (χ0v) is 11.8. The van der Waals surface area contributed by atoms with Gasteiger partial charge in [-0.2, -0.15) is 0 Å². The van der Waals surface area contributed by atoms with E-state index >= 15 is 0 Å². The van der Waals surface area contributed by atoms with Crippen molar-refractivity contribution in [2.75, 3.05) is 25.4 Å². The van der Waals surface area contributed by atoms with Crippen molar-refractivity contribution in [1.29, 1.82) is 0 Å². The fourth-order valence-corrected chi connectivity index (χ4v) is 4.44. The lowest BCUT2D eigenvalue weighted by atomic mass is 9.97. The van der Waals surface area contributed by atoms with Gasteiger partial charge in [-0.25, -0.2) is 4.79 Å². The van der Waals surface area contributed by atoms with Crippen LogP contribution in [0.4, 0.5) is 0 Å². The Kier molecular flexibility index (Phi) is 3.30. The number of nitrogens with zero attached hydrogens (tertiary/aromatic N) is 2. The molecule has 6 heteroatoms. The van der Waals surface area contributed by atoms with Gasteiger partial charge in [0.05, 0.1) is 11.3 Å². The van der Waals surface area contributed by atoms with E-state index in [0.717, 1.165) is 24.4 Å². The van der Waals surface area contributed by atoms with Gasteiger partial charge in [0.1, 0.15) is 5.70 Å². The highest BCUT2D eigenvalue weighted by molar-refractivity contribution is 8.00. The van der Waals surface area contributed by atoms with Gasteiger partial charge in [-0.15, -0.1) is 11.8 Å². The second-order valence-corrected chi connectivity index (χ2v) is 6.54. The number of β-lactam (4-membered cyclic amide) rings is 1. The fraction of sp³-hybridized carbons (Fsp3) is 0.692. The van der Waals surface area contributed by atoms with Crippen molar-refractivity contribution in [3.8, 4) is 0 Å². The molecule has 0 saturated carbocycles. The topological polar surface area (TPSA) is 60.9 Å². The molecule has 1 N–H and O–H groups in total. The number of hydrogen-bond donors (Lipinski definition) is 1. The Balaban J connectivity index is 1.86. The van der Waals surface area contributed by atoms with Crippen LogP contribution in [0, 0.1) is 5.92 Å². The number of carboxylic acid groups (broad SMARTS) is 1. The van der Waals surface area contributed by atoms with Gasteiger partial charge in [-0.05, 0) is 31.5 Å². The van der Waals surface area contributed by atoms with Crippen molar-refractivity contribution in [2.45, 2.75) is 25.1 Å². The van der Waals surface area contributed by atoms with Crippen molar-refractivity contribution in [3.05, 3.63) is 11.3 Å². The van der Waals surface area contributed by atoms with Crippen LogP contribution in [0.15, 0.2) is 11.3 Å². The van der Waals surface area contributed by atoms with E-state index in [1.165, 1.54) is 17.7 Å². The third kappa shape index (κ3) is 2.07. The summed E-state index contributed by atoms with van der Waals surface area (Å²) in [6.07, 6.45) is 2.37. The lowest BCUT2D eigenvalue weighted by Gasteiger charge is -2.48. The maximum atomic E-state index is 11.9. The van der Waals surface area contributed by atoms with Crippen molar-refractivity contribution in [2.24, 2.45) is 5.92 Å². The van der Waals surface area contributed by atoms with E-state index in [1.807, 2.05) is 6.92 Å². The number of fused-ring (bicyclic) bond motifs is 1. The number of carboxylic acids is 1. The van der Waals surface area contributed by atoms with Crippen LogP contribution in [-0.2, 0) is 9.59 Å². The number of likely N-dealkylation sites (tertiary alicyclic amines) is 1. The average molecular weight is 282 g/mol. The Hall–Kier alpha value is -1.01. The van der Waals surface area contributed by atoms with Gasteiger partial charge in [0, 0.05) is 12.3 Å². The molecule has 104 valence electrons. The fourth-order valence-electron chi connectivity index (χ4n) is 3.07. The van der Waals surface area contributed by atoms with E-state index in [4.69, 9.17) is 0 Å². The second-order valence-electron chi connectivity index (χ2n) is 5.44. The standard InChI is InChI=1S/C13H18N2O3S/c1-8-11(16)15-10(13(17)18)9(7-19-12(8)15)6-14-4-2-3-5-14/h8,12H,2-7H2,1H3,(H,17,18)/t8-,12-/m1/s1. The predicted octanol–water partition coefficient (Wildman–Crippen LogP) is 0.972. The summed E-state index contributed by atoms with van der Waals surface area (Å²) in [7, 11) is 0. The predicted molar refractivity (Wildman–Crippen MR) is 72.6 cm³/mol. The maximum absolute atomic E-state index is 11.9. The molecule has 2 atom stereocenters. The first-order valence-corrected chi connectivity index (χ1v) is 7.77. The van der Waals surface area contributed by atoms with Gasteiger partial charge in [0.2, 0.25) is 5.91 Å². The van der Waals surface area contributed by atoms with Gasteiger partial charge >= 0.3 is 5.97 Å². The van der Waals surface area contributed by atoms with Gasteiger partial charge in [0.15, 0.2) is 0 Å². The van der Waals surface area contributed by atoms with Crippen LogP contribution >= 0.6 is 11.8 Å². The zero-order valence-electron chi connectivity index (χ0n) is 11.0. The lowest BCUT2D eigenvalue weighted by molar-refractivity contribution is -0.151. The van der Waals surface area contributed by atoms with Crippen molar-refractivity contribution >= 4 is 23.6 Å². The summed E-state index contributed by atoms with van der Waals surface area (Å²) in [5.74, 6) is -0.322. The van der Waals surface area contributed by atoms with Crippen LogP contribution in [0.5, 0.6) is 0 Å². The number of hydrogen-bond acceptors (Lipinski definition) is 4. The number of aliphatic carboxylic acids is 1. The summed E-state index contributed by atoms with van der Waals surface area (Å²) >= 11 is 1.69. The van der Waals surface area contributed by atoms with E-state index in [1.54, 1.807) is 11.8 Å². The van der Waals surface area contributed by atoms with Crippen LogP contribution in [0.2, 0.25) is 0 Å². The van der Waals surface area contributed by atoms with Crippen LogP contribution in [0.3, 0.4) is 0 Å². The molecule has 19 heavy (non-hydrogen) atoms. The molecule has 0 unspecified atom stereocenters. The minimum absolute atomic E-state index is 0.0286. The number of carbonyl (C=O) groups excluding carboxylic acids is 1. The van der Waals surface area contributed by atoms with Crippen molar-refractivity contribution in [3.63, 3.8) is 0 Å². The molecule has 3 rings (SSSR count). The summed E-state index contributed by atoms with van der Waals surface area (Å²) < 4.78 is 0. The molecule has 3 aliphatic rings. The molecule has 0 aliphatic carbocycles. The minimum atomic E-state index is -0.959. The molecule has 0 spiro atoms. The summed E-state index contributed by atoms with van der Waals surface area (Å²) in [5, 5.41) is 9.46. The van der Waals surface area contributed by atoms with Crippen LogP contribution in [0.25, 0.3) is 0 Å². The van der Waals surface area contributed by atoms with E-state index in [2.05, 4.69) is 4.90 Å². The number of thioether (sulfide) groups is 1. The molecule has 0 aromatic carbocycles. The average Bonchev–Trinajstić information content (AvgIpc) is 2.89. The zero-order chi connectivity index (χ0) is 13.6. The Morgan fingerprint density at radius 2 is 2.11 bits per heavy atom. The summed E-state index contributed by atoms with van der Waals surface area (Å²) in [4.78, 5) is 27.2. The monoisotopic (exact) mass is 282 g/mol. The second kappa shape index (κ2) is 4.83. The lowest BCUT2D eigenvalue weighted by Crippen LogP contribution is -2.60. The molecule has 5 nitrogen and oxygen atoms in total. The Morgan fingerprint density at radius 3 is 2.74 bits per heavy atom. The number of amides is 1. The first-order chi connectivity index (χ1) is 9.09. The molecule has 0 aromatic heterocycles. The minimum Gasteiger partial charge on any atom is -0.477 e. The third-order valence-electron chi connectivity index (χ3n) is 4.13. The Labute approximate surface area is 116 Å². The SMILES string of the molecule is C[C@@H]1C(=O)N2C(C(=O)O)=C(CN3CCCC3)CS[C@H]12.